The molecule has 0 saturated heterocycles. The smallest absolute Gasteiger partial charge is 0.305 e. The van der Waals surface area contributed by atoms with Gasteiger partial charge in [-0.3, -0.25) is 4.79 Å². The van der Waals surface area contributed by atoms with Crippen LogP contribution in [0, 0.1) is 5.92 Å². The molecule has 106 valence electrons. The highest BCUT2D eigenvalue weighted by Crippen LogP contribution is 2.44. The Balaban J connectivity index is 2.22. The summed E-state index contributed by atoms with van der Waals surface area (Å²) in [6.07, 6.45) is 5.77. The first-order valence-corrected chi connectivity index (χ1v) is 7.02. The van der Waals surface area contributed by atoms with Gasteiger partial charge in [0.15, 0.2) is 5.82 Å². The first-order valence-electron chi connectivity index (χ1n) is 7.02. The molecule has 6 heteroatoms. The fourth-order valence-electron chi connectivity index (χ4n) is 3.29. The van der Waals surface area contributed by atoms with Gasteiger partial charge in [-0.05, 0) is 35.6 Å². The third kappa shape index (κ3) is 3.11. The van der Waals surface area contributed by atoms with E-state index in [9.17, 15) is 4.79 Å². The number of tetrazole rings is 1. The van der Waals surface area contributed by atoms with Gasteiger partial charge in [0.2, 0.25) is 0 Å². The Bertz CT molecular complexity index is 436. The van der Waals surface area contributed by atoms with Gasteiger partial charge in [0.1, 0.15) is 0 Å². The van der Waals surface area contributed by atoms with Crippen LogP contribution in [-0.2, 0) is 16.8 Å². The summed E-state index contributed by atoms with van der Waals surface area (Å²) in [6.45, 7) is 4.79. The first kappa shape index (κ1) is 14.0. The van der Waals surface area contributed by atoms with Crippen molar-refractivity contribution in [2.24, 2.45) is 5.92 Å². The summed E-state index contributed by atoms with van der Waals surface area (Å²) >= 11 is 0. The van der Waals surface area contributed by atoms with Crippen LogP contribution in [0.1, 0.15) is 58.2 Å². The SMILES string of the molecule is CC(C)CC1(c2nnnn2CCC(=O)O)CCCC1. The summed E-state index contributed by atoms with van der Waals surface area (Å²) in [5.74, 6) is 0.661. The predicted octanol–water partition coefficient (Wildman–Crippen LogP) is 2.01. The molecule has 1 heterocycles. The Kier molecular flexibility index (Phi) is 4.17. The maximum absolute atomic E-state index is 10.7. The normalized spacial score (nSPS) is 18.1. The van der Waals surface area contributed by atoms with Gasteiger partial charge < -0.3 is 5.11 Å². The van der Waals surface area contributed by atoms with Crippen LogP contribution in [0.4, 0.5) is 0 Å². The molecule has 1 aliphatic rings. The van der Waals surface area contributed by atoms with E-state index in [1.54, 1.807) is 4.68 Å². The maximum Gasteiger partial charge on any atom is 0.305 e. The van der Waals surface area contributed by atoms with Gasteiger partial charge in [0, 0.05) is 5.41 Å². The van der Waals surface area contributed by atoms with Crippen LogP contribution >= 0.6 is 0 Å². The standard InChI is InChI=1S/C13H22N4O2/c1-10(2)9-13(6-3-4-7-13)12-14-15-16-17(12)8-5-11(18)19/h10H,3-9H2,1-2H3,(H,18,19). The van der Waals surface area contributed by atoms with Crippen molar-refractivity contribution in [2.45, 2.75) is 64.3 Å². The average molecular weight is 266 g/mol. The lowest BCUT2D eigenvalue weighted by molar-refractivity contribution is -0.137. The lowest BCUT2D eigenvalue weighted by Crippen LogP contribution is -2.29. The van der Waals surface area contributed by atoms with E-state index in [0.717, 1.165) is 25.1 Å². The molecule has 0 unspecified atom stereocenters. The monoisotopic (exact) mass is 266 g/mol. The number of hydrogen-bond donors (Lipinski definition) is 1. The van der Waals surface area contributed by atoms with Crippen LogP contribution in [0.15, 0.2) is 0 Å². The van der Waals surface area contributed by atoms with Crippen molar-refractivity contribution in [2.75, 3.05) is 0 Å². The minimum Gasteiger partial charge on any atom is -0.481 e. The Labute approximate surface area is 113 Å². The number of carboxylic acid groups (broad SMARTS) is 1. The van der Waals surface area contributed by atoms with E-state index in [1.807, 2.05) is 0 Å². The van der Waals surface area contributed by atoms with Gasteiger partial charge in [-0.25, -0.2) is 4.68 Å². The molecule has 1 aromatic rings. The second kappa shape index (κ2) is 5.67. The van der Waals surface area contributed by atoms with Gasteiger partial charge in [0.25, 0.3) is 0 Å². The van der Waals surface area contributed by atoms with Crippen LogP contribution < -0.4 is 0 Å². The predicted molar refractivity (Wildman–Crippen MR) is 69.7 cm³/mol. The van der Waals surface area contributed by atoms with E-state index >= 15 is 0 Å². The highest BCUT2D eigenvalue weighted by atomic mass is 16.4. The van der Waals surface area contributed by atoms with Crippen LogP contribution in [0.5, 0.6) is 0 Å². The highest BCUT2D eigenvalue weighted by molar-refractivity contribution is 5.66. The molecule has 1 saturated carbocycles. The number of hydrogen-bond acceptors (Lipinski definition) is 4. The Morgan fingerprint density at radius 3 is 2.68 bits per heavy atom. The van der Waals surface area contributed by atoms with E-state index < -0.39 is 5.97 Å². The van der Waals surface area contributed by atoms with Crippen molar-refractivity contribution in [3.63, 3.8) is 0 Å². The third-order valence-corrected chi connectivity index (χ3v) is 3.90. The molecule has 0 spiro atoms. The summed E-state index contributed by atoms with van der Waals surface area (Å²) in [7, 11) is 0. The van der Waals surface area contributed by atoms with Crippen LogP contribution in [0.2, 0.25) is 0 Å². The lowest BCUT2D eigenvalue weighted by atomic mass is 9.78. The minimum atomic E-state index is -0.814. The van der Waals surface area contributed by atoms with Gasteiger partial charge in [-0.2, -0.15) is 0 Å². The second-order valence-corrected chi connectivity index (χ2v) is 5.95. The zero-order valence-corrected chi connectivity index (χ0v) is 11.7. The van der Waals surface area contributed by atoms with Crippen LogP contribution in [-0.4, -0.2) is 31.3 Å². The zero-order valence-electron chi connectivity index (χ0n) is 11.7. The summed E-state index contributed by atoms with van der Waals surface area (Å²) in [4.78, 5) is 10.7. The van der Waals surface area contributed by atoms with E-state index in [-0.39, 0.29) is 11.8 Å². The van der Waals surface area contributed by atoms with E-state index in [4.69, 9.17) is 5.11 Å². The molecule has 6 nitrogen and oxygen atoms in total. The van der Waals surface area contributed by atoms with Crippen LogP contribution in [0.3, 0.4) is 0 Å². The molecule has 0 aromatic carbocycles. The highest BCUT2D eigenvalue weighted by Gasteiger charge is 2.40. The molecule has 19 heavy (non-hydrogen) atoms. The average Bonchev–Trinajstić information content (AvgIpc) is 2.94. The van der Waals surface area contributed by atoms with Crippen molar-refractivity contribution >= 4 is 5.97 Å². The molecular formula is C13H22N4O2. The van der Waals surface area contributed by atoms with Gasteiger partial charge in [0.05, 0.1) is 13.0 Å². The van der Waals surface area contributed by atoms with Crippen molar-refractivity contribution < 1.29 is 9.90 Å². The van der Waals surface area contributed by atoms with Crippen molar-refractivity contribution in [1.29, 1.82) is 0 Å². The Morgan fingerprint density at radius 1 is 1.42 bits per heavy atom. The van der Waals surface area contributed by atoms with Gasteiger partial charge >= 0.3 is 5.97 Å². The Morgan fingerprint density at radius 2 is 2.11 bits per heavy atom. The largest absolute Gasteiger partial charge is 0.481 e. The van der Waals surface area contributed by atoms with Crippen molar-refractivity contribution in [3.8, 4) is 0 Å². The number of aromatic nitrogens is 4. The molecule has 0 aliphatic heterocycles. The van der Waals surface area contributed by atoms with Gasteiger partial charge in [-0.15, -0.1) is 5.10 Å². The number of aliphatic carboxylic acids is 1. The number of nitrogens with zero attached hydrogens (tertiary/aromatic N) is 4. The number of aryl methyl sites for hydroxylation is 1. The van der Waals surface area contributed by atoms with Crippen LogP contribution in [0.25, 0.3) is 0 Å². The molecule has 1 aliphatic carbocycles. The maximum atomic E-state index is 10.7. The lowest BCUT2D eigenvalue weighted by Gasteiger charge is -2.29. The molecule has 2 rings (SSSR count). The number of carbonyl (C=O) groups is 1. The molecule has 1 N–H and O–H groups in total. The summed E-state index contributed by atoms with van der Waals surface area (Å²) in [6, 6.07) is 0. The first-order chi connectivity index (χ1) is 9.03. The molecule has 0 atom stereocenters. The quantitative estimate of drug-likeness (QED) is 0.851. The second-order valence-electron chi connectivity index (χ2n) is 5.95. The zero-order chi connectivity index (χ0) is 13.9. The van der Waals surface area contributed by atoms with Crippen molar-refractivity contribution in [1.82, 2.24) is 20.2 Å². The fraction of sp³-hybridized carbons (Fsp3) is 0.846. The molecule has 1 aromatic heterocycles. The molecular weight excluding hydrogens is 244 g/mol. The van der Waals surface area contributed by atoms with Crippen molar-refractivity contribution in [3.05, 3.63) is 5.82 Å². The molecule has 0 radical (unpaired) electrons. The molecule has 0 bridgehead atoms. The summed E-state index contributed by atoms with van der Waals surface area (Å²) in [5.41, 5.74) is 0.0518. The Hall–Kier alpha value is -1.46. The summed E-state index contributed by atoms with van der Waals surface area (Å²) < 4.78 is 1.70. The summed E-state index contributed by atoms with van der Waals surface area (Å²) in [5, 5.41) is 20.8. The third-order valence-electron chi connectivity index (χ3n) is 3.90. The molecule has 0 amide bonds. The number of carboxylic acids is 1. The van der Waals surface area contributed by atoms with E-state index in [0.29, 0.717) is 12.5 Å². The number of rotatable bonds is 6. The minimum absolute atomic E-state index is 0.0518. The molecule has 1 fully saturated rings. The van der Waals surface area contributed by atoms with Gasteiger partial charge in [-0.1, -0.05) is 26.7 Å². The van der Waals surface area contributed by atoms with E-state index in [2.05, 4.69) is 29.4 Å². The van der Waals surface area contributed by atoms with E-state index in [1.165, 1.54) is 12.8 Å². The topological polar surface area (TPSA) is 80.9 Å². The fourth-order valence-corrected chi connectivity index (χ4v) is 3.29.